The van der Waals surface area contributed by atoms with E-state index in [9.17, 15) is 4.79 Å². The van der Waals surface area contributed by atoms with E-state index in [0.29, 0.717) is 0 Å². The first-order valence-corrected chi connectivity index (χ1v) is 8.85. The number of carbonyl (C=O) groups is 1. The Morgan fingerprint density at radius 3 is 2.62 bits per heavy atom. The van der Waals surface area contributed by atoms with E-state index >= 15 is 0 Å². The van der Waals surface area contributed by atoms with Crippen molar-refractivity contribution >= 4 is 11.7 Å². The van der Waals surface area contributed by atoms with Crippen molar-refractivity contribution in [1.29, 1.82) is 0 Å². The van der Waals surface area contributed by atoms with Crippen LogP contribution in [0.5, 0.6) is 0 Å². The molecule has 0 amide bonds. The molecule has 0 bridgehead atoms. The second kappa shape index (κ2) is 7.53. The van der Waals surface area contributed by atoms with E-state index < -0.39 is 0 Å². The van der Waals surface area contributed by atoms with Crippen molar-refractivity contribution < 1.29 is 14.3 Å². The molecule has 0 N–H and O–H groups in total. The Bertz CT molecular complexity index is 567. The number of methoxy groups -OCH3 is 1. The molecule has 2 heterocycles. The molecule has 1 aromatic carbocycles. The van der Waals surface area contributed by atoms with Gasteiger partial charge in [-0.25, -0.2) is 0 Å². The fraction of sp³-hybridized carbons (Fsp3) is 0.632. The number of carbonyl (C=O) groups excluding carboxylic acids is 1. The number of benzene rings is 1. The van der Waals surface area contributed by atoms with E-state index in [1.54, 1.807) is 0 Å². The highest BCUT2D eigenvalue weighted by Crippen LogP contribution is 2.27. The van der Waals surface area contributed by atoms with Gasteiger partial charge in [0.1, 0.15) is 0 Å². The summed E-state index contributed by atoms with van der Waals surface area (Å²) in [5, 5.41) is 0. The molecule has 2 saturated heterocycles. The molecule has 24 heavy (non-hydrogen) atoms. The standard InChI is InChI=1S/C19H28N2O3/c1-14-10-21(11-15(2)24-14)18-7-5-4-6-16(18)12-20-9-8-17(13-20)19(22)23-3/h4-7,14-15,17H,8-13H2,1-3H3/t14-,15+,17-/m0/s1. The van der Waals surface area contributed by atoms with Gasteiger partial charge in [-0.15, -0.1) is 0 Å². The van der Waals surface area contributed by atoms with E-state index in [4.69, 9.17) is 9.47 Å². The number of esters is 1. The Kier molecular flexibility index (Phi) is 5.41. The van der Waals surface area contributed by atoms with E-state index in [1.807, 2.05) is 0 Å². The Morgan fingerprint density at radius 1 is 1.21 bits per heavy atom. The summed E-state index contributed by atoms with van der Waals surface area (Å²) in [5.74, 6) is -0.0628. The van der Waals surface area contributed by atoms with Crippen molar-refractivity contribution in [3.8, 4) is 0 Å². The highest BCUT2D eigenvalue weighted by Gasteiger charge is 2.30. The van der Waals surface area contributed by atoms with E-state index in [-0.39, 0.29) is 24.1 Å². The van der Waals surface area contributed by atoms with E-state index in [1.165, 1.54) is 18.4 Å². The van der Waals surface area contributed by atoms with Crippen molar-refractivity contribution in [2.45, 2.75) is 39.0 Å². The average Bonchev–Trinajstić information content (AvgIpc) is 3.02. The Balaban J connectivity index is 1.70. The second-order valence-corrected chi connectivity index (χ2v) is 7.03. The third-order valence-corrected chi connectivity index (χ3v) is 4.95. The third-order valence-electron chi connectivity index (χ3n) is 4.95. The van der Waals surface area contributed by atoms with Crippen molar-refractivity contribution in [2.24, 2.45) is 5.92 Å². The molecule has 2 aliphatic heterocycles. The van der Waals surface area contributed by atoms with Crippen LogP contribution in [0, 0.1) is 5.92 Å². The summed E-state index contributed by atoms with van der Waals surface area (Å²) in [5.41, 5.74) is 2.62. The van der Waals surface area contributed by atoms with E-state index in [2.05, 4.69) is 47.9 Å². The zero-order chi connectivity index (χ0) is 17.1. The fourth-order valence-electron chi connectivity index (χ4n) is 3.90. The molecular formula is C19H28N2O3. The summed E-state index contributed by atoms with van der Waals surface area (Å²) in [7, 11) is 1.47. The van der Waals surface area contributed by atoms with Gasteiger partial charge < -0.3 is 14.4 Å². The zero-order valence-corrected chi connectivity index (χ0v) is 14.9. The van der Waals surface area contributed by atoms with Gasteiger partial charge in [-0.3, -0.25) is 9.69 Å². The van der Waals surface area contributed by atoms with Crippen LogP contribution in [-0.4, -0.2) is 56.4 Å². The lowest BCUT2D eigenvalue weighted by Gasteiger charge is -2.38. The topological polar surface area (TPSA) is 42.0 Å². The molecule has 0 spiro atoms. The van der Waals surface area contributed by atoms with E-state index in [0.717, 1.165) is 39.1 Å². The summed E-state index contributed by atoms with van der Waals surface area (Å²) in [6, 6.07) is 8.60. The molecule has 0 saturated carbocycles. The minimum atomic E-state index is -0.0818. The average molecular weight is 332 g/mol. The second-order valence-electron chi connectivity index (χ2n) is 7.03. The number of morpholine rings is 1. The molecule has 0 aromatic heterocycles. The van der Waals surface area contributed by atoms with Crippen LogP contribution in [0.2, 0.25) is 0 Å². The maximum Gasteiger partial charge on any atom is 0.310 e. The quantitative estimate of drug-likeness (QED) is 0.792. The van der Waals surface area contributed by atoms with Crippen molar-refractivity contribution in [3.63, 3.8) is 0 Å². The molecule has 0 radical (unpaired) electrons. The molecule has 5 nitrogen and oxygen atoms in total. The molecule has 132 valence electrons. The first-order valence-electron chi connectivity index (χ1n) is 8.85. The number of ether oxygens (including phenoxy) is 2. The summed E-state index contributed by atoms with van der Waals surface area (Å²) in [6.45, 7) is 8.72. The van der Waals surface area contributed by atoms with Crippen LogP contribution in [0.15, 0.2) is 24.3 Å². The van der Waals surface area contributed by atoms with Crippen molar-refractivity contribution in [2.75, 3.05) is 38.2 Å². The highest BCUT2D eigenvalue weighted by atomic mass is 16.5. The minimum absolute atomic E-state index is 0.0191. The Hall–Kier alpha value is -1.59. The molecule has 1 aromatic rings. The van der Waals surface area contributed by atoms with Gasteiger partial charge in [-0.1, -0.05) is 18.2 Å². The molecule has 2 aliphatic rings. The van der Waals surface area contributed by atoms with Gasteiger partial charge in [0.05, 0.1) is 25.2 Å². The molecular weight excluding hydrogens is 304 g/mol. The summed E-state index contributed by atoms with van der Waals surface area (Å²) < 4.78 is 10.7. The van der Waals surface area contributed by atoms with Crippen LogP contribution in [0.25, 0.3) is 0 Å². The molecule has 5 heteroatoms. The van der Waals surface area contributed by atoms with Gasteiger partial charge in [-0.2, -0.15) is 0 Å². The number of anilines is 1. The van der Waals surface area contributed by atoms with Crippen molar-refractivity contribution in [1.82, 2.24) is 4.90 Å². The minimum Gasteiger partial charge on any atom is -0.469 e. The van der Waals surface area contributed by atoms with Gasteiger partial charge in [-0.05, 0) is 38.4 Å². The Morgan fingerprint density at radius 2 is 1.92 bits per heavy atom. The summed E-state index contributed by atoms with van der Waals surface area (Å²) in [6.07, 6.45) is 1.38. The summed E-state index contributed by atoms with van der Waals surface area (Å²) >= 11 is 0. The van der Waals surface area contributed by atoms with Gasteiger partial charge in [0.25, 0.3) is 0 Å². The lowest BCUT2D eigenvalue weighted by atomic mass is 10.1. The Labute approximate surface area is 144 Å². The smallest absolute Gasteiger partial charge is 0.310 e. The highest BCUT2D eigenvalue weighted by molar-refractivity contribution is 5.72. The number of hydrogen-bond donors (Lipinski definition) is 0. The largest absolute Gasteiger partial charge is 0.469 e. The maximum atomic E-state index is 11.7. The zero-order valence-electron chi connectivity index (χ0n) is 14.9. The number of para-hydroxylation sites is 1. The van der Waals surface area contributed by atoms with Crippen molar-refractivity contribution in [3.05, 3.63) is 29.8 Å². The van der Waals surface area contributed by atoms with Gasteiger partial charge in [0, 0.05) is 31.9 Å². The van der Waals surface area contributed by atoms with Crippen LogP contribution in [0.4, 0.5) is 5.69 Å². The SMILES string of the molecule is COC(=O)[C@H]1CCN(Cc2ccccc2N2C[C@@H](C)O[C@@H](C)C2)C1. The number of nitrogens with zero attached hydrogens (tertiary/aromatic N) is 2. The lowest BCUT2D eigenvalue weighted by molar-refractivity contribution is -0.144. The van der Waals surface area contributed by atoms with Crippen LogP contribution < -0.4 is 4.90 Å². The monoisotopic (exact) mass is 332 g/mol. The lowest BCUT2D eigenvalue weighted by Crippen LogP contribution is -2.46. The van der Waals surface area contributed by atoms with Gasteiger partial charge >= 0.3 is 5.97 Å². The molecule has 3 atom stereocenters. The van der Waals surface area contributed by atoms with Gasteiger partial charge in [0.2, 0.25) is 0 Å². The normalized spacial score (nSPS) is 28.1. The number of likely N-dealkylation sites (tertiary alicyclic amines) is 1. The predicted molar refractivity (Wildman–Crippen MR) is 94.1 cm³/mol. The molecule has 2 fully saturated rings. The van der Waals surface area contributed by atoms with Crippen LogP contribution in [0.3, 0.4) is 0 Å². The predicted octanol–water partition coefficient (Wildman–Crippen LogP) is 2.30. The number of hydrogen-bond acceptors (Lipinski definition) is 5. The van der Waals surface area contributed by atoms with Crippen LogP contribution in [0.1, 0.15) is 25.8 Å². The first kappa shape index (κ1) is 17.2. The van der Waals surface area contributed by atoms with Crippen LogP contribution >= 0.6 is 0 Å². The van der Waals surface area contributed by atoms with Gasteiger partial charge in [0.15, 0.2) is 0 Å². The fourth-order valence-corrected chi connectivity index (χ4v) is 3.90. The molecule has 0 aliphatic carbocycles. The first-order chi connectivity index (χ1) is 11.6. The third kappa shape index (κ3) is 3.90. The molecule has 0 unspecified atom stereocenters. The van der Waals surface area contributed by atoms with Crippen LogP contribution in [-0.2, 0) is 20.8 Å². The molecule has 3 rings (SSSR count). The summed E-state index contributed by atoms with van der Waals surface area (Å²) in [4.78, 5) is 16.5. The maximum absolute atomic E-state index is 11.7. The number of rotatable bonds is 4.